The van der Waals surface area contributed by atoms with Crippen molar-refractivity contribution < 1.29 is 14.3 Å². The summed E-state index contributed by atoms with van der Waals surface area (Å²) in [5.41, 5.74) is 0. The van der Waals surface area contributed by atoms with E-state index in [0.717, 1.165) is 19.5 Å². The molecule has 5 heteroatoms. The summed E-state index contributed by atoms with van der Waals surface area (Å²) in [5.74, 6) is 0.0910. The Morgan fingerprint density at radius 1 is 1.19 bits per heavy atom. The molecule has 0 saturated carbocycles. The molecule has 0 unspecified atom stereocenters. The fourth-order valence-electron chi connectivity index (χ4n) is 1.16. The summed E-state index contributed by atoms with van der Waals surface area (Å²) in [6.07, 6.45) is 1.33. The Morgan fingerprint density at radius 2 is 2.00 bits per heavy atom. The molecule has 0 fully saturated rings. The molecule has 0 aromatic rings. The van der Waals surface area contributed by atoms with Crippen LogP contribution in [0.15, 0.2) is 0 Å². The molecule has 0 bridgehead atoms. The summed E-state index contributed by atoms with van der Waals surface area (Å²) in [5, 5.41) is 5.99. The molecule has 0 aliphatic heterocycles. The Kier molecular flexibility index (Phi) is 11.9. The van der Waals surface area contributed by atoms with E-state index in [1.54, 1.807) is 7.11 Å². The van der Waals surface area contributed by atoms with E-state index in [2.05, 4.69) is 10.6 Å². The molecule has 0 atom stereocenters. The minimum Gasteiger partial charge on any atom is -0.383 e. The zero-order valence-electron chi connectivity index (χ0n) is 10.4. The lowest BCUT2D eigenvalue weighted by atomic mass is 10.3. The minimum absolute atomic E-state index is 0.0910. The smallest absolute Gasteiger partial charge is 0.220 e. The molecular weight excluding hydrogens is 208 g/mol. The third kappa shape index (κ3) is 11.4. The van der Waals surface area contributed by atoms with E-state index in [4.69, 9.17) is 9.47 Å². The summed E-state index contributed by atoms with van der Waals surface area (Å²) < 4.78 is 10.0. The highest BCUT2D eigenvalue weighted by Crippen LogP contribution is 1.89. The van der Waals surface area contributed by atoms with Gasteiger partial charge in [-0.15, -0.1) is 0 Å². The summed E-state index contributed by atoms with van der Waals surface area (Å²) >= 11 is 0. The molecule has 0 aliphatic carbocycles. The van der Waals surface area contributed by atoms with Gasteiger partial charge in [-0.05, 0) is 13.3 Å². The molecule has 2 N–H and O–H groups in total. The average Bonchev–Trinajstić information content (AvgIpc) is 2.29. The van der Waals surface area contributed by atoms with Crippen LogP contribution in [0.5, 0.6) is 0 Å². The number of rotatable bonds is 11. The van der Waals surface area contributed by atoms with Crippen molar-refractivity contribution in [3.05, 3.63) is 0 Å². The van der Waals surface area contributed by atoms with E-state index in [9.17, 15) is 4.79 Å². The highest BCUT2D eigenvalue weighted by atomic mass is 16.5. The third-order valence-electron chi connectivity index (χ3n) is 2.00. The molecule has 0 rings (SSSR count). The van der Waals surface area contributed by atoms with Crippen LogP contribution < -0.4 is 10.6 Å². The first-order chi connectivity index (χ1) is 7.81. The van der Waals surface area contributed by atoms with E-state index >= 15 is 0 Å². The second-order valence-corrected chi connectivity index (χ2v) is 3.39. The number of nitrogens with one attached hydrogen (secondary N) is 2. The predicted octanol–water partition coefficient (Wildman–Crippen LogP) is 0.155. The van der Waals surface area contributed by atoms with Crippen LogP contribution in [0.25, 0.3) is 0 Å². The van der Waals surface area contributed by atoms with Gasteiger partial charge in [0, 0.05) is 46.4 Å². The van der Waals surface area contributed by atoms with Crippen molar-refractivity contribution in [3.63, 3.8) is 0 Å². The van der Waals surface area contributed by atoms with Crippen LogP contribution in [0, 0.1) is 0 Å². The molecule has 0 heterocycles. The van der Waals surface area contributed by atoms with Gasteiger partial charge < -0.3 is 20.1 Å². The maximum atomic E-state index is 11.3. The normalized spacial score (nSPS) is 10.4. The molecule has 0 radical (unpaired) electrons. The first-order valence-corrected chi connectivity index (χ1v) is 5.85. The van der Waals surface area contributed by atoms with Crippen LogP contribution in [0.2, 0.25) is 0 Å². The summed E-state index contributed by atoms with van der Waals surface area (Å²) in [6, 6.07) is 0. The van der Waals surface area contributed by atoms with Gasteiger partial charge in [0.2, 0.25) is 5.91 Å². The highest BCUT2D eigenvalue weighted by Gasteiger charge is 1.99. The topological polar surface area (TPSA) is 59.6 Å². The van der Waals surface area contributed by atoms with Crippen molar-refractivity contribution in [2.45, 2.75) is 19.8 Å². The molecule has 16 heavy (non-hydrogen) atoms. The van der Waals surface area contributed by atoms with Gasteiger partial charge >= 0.3 is 0 Å². The Balaban J connectivity index is 3.11. The lowest BCUT2D eigenvalue weighted by molar-refractivity contribution is -0.121. The van der Waals surface area contributed by atoms with Crippen LogP contribution in [-0.4, -0.2) is 52.5 Å². The third-order valence-corrected chi connectivity index (χ3v) is 2.00. The van der Waals surface area contributed by atoms with Crippen molar-refractivity contribution in [3.8, 4) is 0 Å². The van der Waals surface area contributed by atoms with E-state index in [0.29, 0.717) is 32.8 Å². The monoisotopic (exact) mass is 232 g/mol. The molecule has 96 valence electrons. The Hall–Kier alpha value is -0.650. The lowest BCUT2D eigenvalue weighted by Crippen LogP contribution is -2.33. The van der Waals surface area contributed by atoms with E-state index in [1.165, 1.54) is 0 Å². The van der Waals surface area contributed by atoms with Crippen molar-refractivity contribution >= 4 is 5.91 Å². The second-order valence-electron chi connectivity index (χ2n) is 3.39. The lowest BCUT2D eigenvalue weighted by Gasteiger charge is -2.06. The summed E-state index contributed by atoms with van der Waals surface area (Å²) in [7, 11) is 1.67. The largest absolute Gasteiger partial charge is 0.383 e. The second kappa shape index (κ2) is 12.4. The highest BCUT2D eigenvalue weighted by molar-refractivity contribution is 5.75. The Bertz CT molecular complexity index is 165. The van der Waals surface area contributed by atoms with Crippen LogP contribution in [0.3, 0.4) is 0 Å². The first-order valence-electron chi connectivity index (χ1n) is 5.85. The number of carbonyl (C=O) groups excluding carboxylic acids is 1. The van der Waals surface area contributed by atoms with Gasteiger partial charge in [-0.3, -0.25) is 4.79 Å². The molecule has 0 aromatic heterocycles. The number of carbonyl (C=O) groups is 1. The maximum absolute atomic E-state index is 11.3. The number of hydrogen-bond donors (Lipinski definition) is 2. The van der Waals surface area contributed by atoms with Gasteiger partial charge in [0.05, 0.1) is 6.61 Å². The Labute approximate surface area is 97.9 Å². The quantitative estimate of drug-likeness (QED) is 0.498. The molecule has 0 spiro atoms. The SMILES string of the molecule is CCOCCCC(=O)NCCNCCOC. The first kappa shape index (κ1) is 15.3. The van der Waals surface area contributed by atoms with Crippen molar-refractivity contribution in [2.75, 3.05) is 46.6 Å². The number of ether oxygens (including phenoxy) is 2. The van der Waals surface area contributed by atoms with Crippen LogP contribution in [-0.2, 0) is 14.3 Å². The fourth-order valence-corrected chi connectivity index (χ4v) is 1.16. The zero-order valence-corrected chi connectivity index (χ0v) is 10.4. The molecule has 1 amide bonds. The average molecular weight is 232 g/mol. The van der Waals surface area contributed by atoms with Gasteiger partial charge in [0.25, 0.3) is 0 Å². The minimum atomic E-state index is 0.0910. The summed E-state index contributed by atoms with van der Waals surface area (Å²) in [6.45, 7) is 6.28. The van der Waals surface area contributed by atoms with E-state index in [-0.39, 0.29) is 5.91 Å². The van der Waals surface area contributed by atoms with Crippen molar-refractivity contribution in [1.29, 1.82) is 0 Å². The van der Waals surface area contributed by atoms with Crippen molar-refractivity contribution in [1.82, 2.24) is 10.6 Å². The molecular formula is C11H24N2O3. The van der Waals surface area contributed by atoms with Crippen molar-refractivity contribution in [2.24, 2.45) is 0 Å². The summed E-state index contributed by atoms with van der Waals surface area (Å²) in [4.78, 5) is 11.3. The van der Waals surface area contributed by atoms with E-state index < -0.39 is 0 Å². The standard InChI is InChI=1S/C11H24N2O3/c1-3-16-9-4-5-11(14)13-7-6-12-8-10-15-2/h12H,3-10H2,1-2H3,(H,13,14). The van der Waals surface area contributed by atoms with Crippen LogP contribution in [0.1, 0.15) is 19.8 Å². The maximum Gasteiger partial charge on any atom is 0.220 e. The van der Waals surface area contributed by atoms with Gasteiger partial charge in [0.1, 0.15) is 0 Å². The zero-order chi connectivity index (χ0) is 12.1. The predicted molar refractivity (Wildman–Crippen MR) is 63.5 cm³/mol. The molecule has 0 aliphatic rings. The molecule has 0 saturated heterocycles. The van der Waals surface area contributed by atoms with Gasteiger partial charge in [-0.2, -0.15) is 0 Å². The van der Waals surface area contributed by atoms with Gasteiger partial charge in [-0.25, -0.2) is 0 Å². The van der Waals surface area contributed by atoms with Gasteiger partial charge in [0.15, 0.2) is 0 Å². The van der Waals surface area contributed by atoms with Gasteiger partial charge in [-0.1, -0.05) is 0 Å². The number of methoxy groups -OCH3 is 1. The molecule has 0 aromatic carbocycles. The van der Waals surface area contributed by atoms with Crippen LogP contribution in [0.4, 0.5) is 0 Å². The Morgan fingerprint density at radius 3 is 2.69 bits per heavy atom. The fraction of sp³-hybridized carbons (Fsp3) is 0.909. The molecule has 5 nitrogen and oxygen atoms in total. The van der Waals surface area contributed by atoms with Crippen LogP contribution >= 0.6 is 0 Å². The number of hydrogen-bond acceptors (Lipinski definition) is 4. The number of amides is 1. The van der Waals surface area contributed by atoms with E-state index in [1.807, 2.05) is 6.92 Å².